The number of aryl methyl sites for hydroxylation is 2. The quantitative estimate of drug-likeness (QED) is 0.703. The molecule has 2 amide bonds. The van der Waals surface area contributed by atoms with Crippen LogP contribution in [-0.2, 0) is 19.1 Å². The monoisotopic (exact) mass is 375 g/mol. The van der Waals surface area contributed by atoms with Crippen LogP contribution in [0.3, 0.4) is 0 Å². The van der Waals surface area contributed by atoms with Gasteiger partial charge in [0, 0.05) is 36.9 Å². The van der Waals surface area contributed by atoms with Crippen molar-refractivity contribution in [3.63, 3.8) is 0 Å². The number of nitrogens with one attached hydrogen (secondary N) is 2. The SMILES string of the molecule is O=C(Nc1ccc(C(F)(F)F)cc1)Nc1ccn(CCc2ccncc2)n1. The fourth-order valence-electron chi connectivity index (χ4n) is 2.37. The molecule has 2 heterocycles. The molecule has 2 N–H and O–H groups in total. The van der Waals surface area contributed by atoms with Crippen LogP contribution in [0.4, 0.5) is 29.5 Å². The molecule has 0 radical (unpaired) electrons. The second kappa shape index (κ2) is 7.90. The number of rotatable bonds is 5. The van der Waals surface area contributed by atoms with E-state index in [4.69, 9.17) is 0 Å². The summed E-state index contributed by atoms with van der Waals surface area (Å²) in [5.41, 5.74) is 0.592. The third-order valence-corrected chi connectivity index (χ3v) is 3.73. The molecule has 3 aromatic rings. The van der Waals surface area contributed by atoms with E-state index in [1.807, 2.05) is 12.1 Å². The number of amides is 2. The van der Waals surface area contributed by atoms with Crippen LogP contribution in [-0.4, -0.2) is 20.8 Å². The Labute approximate surface area is 153 Å². The van der Waals surface area contributed by atoms with Gasteiger partial charge in [-0.05, 0) is 48.4 Å². The van der Waals surface area contributed by atoms with Crippen molar-refractivity contribution in [1.29, 1.82) is 0 Å². The van der Waals surface area contributed by atoms with Gasteiger partial charge in [-0.2, -0.15) is 18.3 Å². The van der Waals surface area contributed by atoms with Gasteiger partial charge in [-0.25, -0.2) is 4.79 Å². The summed E-state index contributed by atoms with van der Waals surface area (Å²) in [6.07, 6.45) is 1.52. The molecule has 6 nitrogen and oxygen atoms in total. The van der Waals surface area contributed by atoms with Crippen molar-refractivity contribution in [2.75, 3.05) is 10.6 Å². The predicted octanol–water partition coefficient (Wildman–Crippen LogP) is 4.18. The molecule has 0 saturated carbocycles. The summed E-state index contributed by atoms with van der Waals surface area (Å²) in [5.74, 6) is 0.342. The zero-order valence-corrected chi connectivity index (χ0v) is 14.1. The number of carbonyl (C=O) groups excluding carboxylic acids is 1. The van der Waals surface area contributed by atoms with E-state index in [1.165, 1.54) is 12.1 Å². The van der Waals surface area contributed by atoms with Crippen molar-refractivity contribution >= 4 is 17.5 Å². The number of benzene rings is 1. The van der Waals surface area contributed by atoms with Crippen molar-refractivity contribution in [3.05, 3.63) is 72.2 Å². The Morgan fingerprint density at radius 2 is 1.70 bits per heavy atom. The van der Waals surface area contributed by atoms with Crippen molar-refractivity contribution in [1.82, 2.24) is 14.8 Å². The summed E-state index contributed by atoms with van der Waals surface area (Å²) in [4.78, 5) is 15.9. The first-order valence-corrected chi connectivity index (χ1v) is 8.08. The van der Waals surface area contributed by atoms with Crippen molar-refractivity contribution in [3.8, 4) is 0 Å². The average Bonchev–Trinajstić information content (AvgIpc) is 3.08. The highest BCUT2D eigenvalue weighted by Gasteiger charge is 2.29. The molecule has 3 rings (SSSR count). The highest BCUT2D eigenvalue weighted by molar-refractivity contribution is 5.99. The minimum absolute atomic E-state index is 0.248. The molecule has 0 aliphatic carbocycles. The summed E-state index contributed by atoms with van der Waals surface area (Å²) < 4.78 is 39.3. The van der Waals surface area contributed by atoms with Crippen LogP contribution < -0.4 is 10.6 Å². The van der Waals surface area contributed by atoms with Gasteiger partial charge in [0.25, 0.3) is 0 Å². The van der Waals surface area contributed by atoms with E-state index in [0.29, 0.717) is 12.4 Å². The molecule has 0 aliphatic heterocycles. The van der Waals surface area contributed by atoms with Gasteiger partial charge in [0.05, 0.1) is 5.56 Å². The van der Waals surface area contributed by atoms with Crippen molar-refractivity contribution in [2.24, 2.45) is 0 Å². The zero-order valence-electron chi connectivity index (χ0n) is 14.1. The van der Waals surface area contributed by atoms with Crippen LogP contribution in [0.25, 0.3) is 0 Å². The lowest BCUT2D eigenvalue weighted by Gasteiger charge is -2.09. The molecule has 0 atom stereocenters. The number of hydrogen-bond donors (Lipinski definition) is 2. The van der Waals surface area contributed by atoms with Crippen LogP contribution in [0.15, 0.2) is 61.1 Å². The molecule has 1 aromatic carbocycles. The number of nitrogens with zero attached hydrogens (tertiary/aromatic N) is 3. The highest BCUT2D eigenvalue weighted by Crippen LogP contribution is 2.29. The van der Waals surface area contributed by atoms with E-state index in [1.54, 1.807) is 29.3 Å². The van der Waals surface area contributed by atoms with Crippen LogP contribution in [0, 0.1) is 0 Å². The number of anilines is 2. The number of alkyl halides is 3. The summed E-state index contributed by atoms with van der Waals surface area (Å²) in [5, 5.41) is 9.24. The Morgan fingerprint density at radius 3 is 2.37 bits per heavy atom. The smallest absolute Gasteiger partial charge is 0.308 e. The number of halogens is 3. The first-order valence-electron chi connectivity index (χ1n) is 8.08. The van der Waals surface area contributed by atoms with E-state index in [9.17, 15) is 18.0 Å². The number of urea groups is 1. The summed E-state index contributed by atoms with van der Waals surface area (Å²) in [7, 11) is 0. The molecule has 9 heteroatoms. The number of aromatic nitrogens is 3. The normalized spacial score (nSPS) is 11.2. The molecule has 2 aromatic heterocycles. The second-order valence-corrected chi connectivity index (χ2v) is 5.72. The first-order chi connectivity index (χ1) is 12.9. The molecule has 0 bridgehead atoms. The van der Waals surface area contributed by atoms with E-state index >= 15 is 0 Å². The minimum Gasteiger partial charge on any atom is -0.308 e. The molecule has 0 fully saturated rings. The van der Waals surface area contributed by atoms with Gasteiger partial charge in [-0.3, -0.25) is 15.0 Å². The molecule has 140 valence electrons. The Bertz CT molecular complexity index is 891. The Hall–Kier alpha value is -3.36. The summed E-state index contributed by atoms with van der Waals surface area (Å²) in [6.45, 7) is 0.631. The largest absolute Gasteiger partial charge is 0.416 e. The Balaban J connectivity index is 1.52. The predicted molar refractivity (Wildman–Crippen MR) is 94.3 cm³/mol. The van der Waals surface area contributed by atoms with Crippen molar-refractivity contribution < 1.29 is 18.0 Å². The van der Waals surface area contributed by atoms with Crippen LogP contribution >= 0.6 is 0 Å². The molecule has 0 unspecified atom stereocenters. The van der Waals surface area contributed by atoms with E-state index in [-0.39, 0.29) is 5.69 Å². The van der Waals surface area contributed by atoms with Crippen LogP contribution in [0.1, 0.15) is 11.1 Å². The lowest BCUT2D eigenvalue weighted by Crippen LogP contribution is -2.20. The summed E-state index contributed by atoms with van der Waals surface area (Å²) in [6, 6.07) is 9.08. The maximum Gasteiger partial charge on any atom is 0.416 e. The van der Waals surface area contributed by atoms with E-state index in [0.717, 1.165) is 24.1 Å². The zero-order chi connectivity index (χ0) is 19.3. The van der Waals surface area contributed by atoms with Gasteiger partial charge in [-0.15, -0.1) is 0 Å². The van der Waals surface area contributed by atoms with Gasteiger partial charge >= 0.3 is 12.2 Å². The topological polar surface area (TPSA) is 71.8 Å². The lowest BCUT2D eigenvalue weighted by atomic mass is 10.2. The standard InChI is InChI=1S/C18H16F3N5O/c19-18(20,21)14-1-3-15(4-2-14)23-17(27)24-16-8-12-26(25-16)11-7-13-5-9-22-10-6-13/h1-6,8-10,12H,7,11H2,(H2,23,24,25,27). The van der Waals surface area contributed by atoms with Crippen molar-refractivity contribution in [2.45, 2.75) is 19.1 Å². The average molecular weight is 375 g/mol. The van der Waals surface area contributed by atoms with Crippen LogP contribution in [0.2, 0.25) is 0 Å². The highest BCUT2D eigenvalue weighted by atomic mass is 19.4. The molecule has 0 aliphatic rings. The third kappa shape index (κ3) is 5.30. The molecular formula is C18H16F3N5O. The summed E-state index contributed by atoms with van der Waals surface area (Å²) >= 11 is 0. The maximum absolute atomic E-state index is 12.5. The lowest BCUT2D eigenvalue weighted by molar-refractivity contribution is -0.137. The number of pyridine rings is 1. The Kier molecular flexibility index (Phi) is 5.39. The molecule has 27 heavy (non-hydrogen) atoms. The van der Waals surface area contributed by atoms with Gasteiger partial charge < -0.3 is 5.32 Å². The van der Waals surface area contributed by atoms with Gasteiger partial charge in [-0.1, -0.05) is 0 Å². The molecule has 0 saturated heterocycles. The maximum atomic E-state index is 12.5. The fourth-order valence-corrected chi connectivity index (χ4v) is 2.37. The van der Waals surface area contributed by atoms with E-state index in [2.05, 4.69) is 20.7 Å². The minimum atomic E-state index is -4.41. The number of hydrogen-bond acceptors (Lipinski definition) is 3. The third-order valence-electron chi connectivity index (χ3n) is 3.73. The van der Waals surface area contributed by atoms with Gasteiger partial charge in [0.15, 0.2) is 5.82 Å². The number of carbonyl (C=O) groups is 1. The van der Waals surface area contributed by atoms with Gasteiger partial charge in [0.2, 0.25) is 0 Å². The molecule has 0 spiro atoms. The first kappa shape index (κ1) is 18.4. The second-order valence-electron chi connectivity index (χ2n) is 5.72. The Morgan fingerprint density at radius 1 is 1.00 bits per heavy atom. The van der Waals surface area contributed by atoms with Gasteiger partial charge in [0.1, 0.15) is 0 Å². The molecular weight excluding hydrogens is 359 g/mol. The van der Waals surface area contributed by atoms with E-state index < -0.39 is 17.8 Å². The van der Waals surface area contributed by atoms with Crippen LogP contribution in [0.5, 0.6) is 0 Å². The fraction of sp³-hybridized carbons (Fsp3) is 0.167.